The molecule has 0 aliphatic heterocycles. The van der Waals surface area contributed by atoms with Gasteiger partial charge >= 0.3 is 0 Å². The summed E-state index contributed by atoms with van der Waals surface area (Å²) in [6.45, 7) is 4.39. The van der Waals surface area contributed by atoms with Gasteiger partial charge in [0, 0.05) is 21.1 Å². The summed E-state index contributed by atoms with van der Waals surface area (Å²) in [5.41, 5.74) is 3.87. The van der Waals surface area contributed by atoms with Gasteiger partial charge in [0.05, 0.1) is 0 Å². The van der Waals surface area contributed by atoms with E-state index in [-0.39, 0.29) is 0 Å². The van der Waals surface area contributed by atoms with E-state index in [0.29, 0.717) is 6.04 Å². The minimum atomic E-state index is 0.303. The van der Waals surface area contributed by atoms with Gasteiger partial charge in [-0.25, -0.2) is 0 Å². The fourth-order valence-corrected chi connectivity index (χ4v) is 3.02. The molecule has 1 unspecified atom stereocenters. The van der Waals surface area contributed by atoms with Crippen LogP contribution in [0.15, 0.2) is 51.8 Å². The lowest BCUT2D eigenvalue weighted by atomic mass is 10.1. The van der Waals surface area contributed by atoms with Gasteiger partial charge in [0.2, 0.25) is 0 Å². The summed E-state index contributed by atoms with van der Waals surface area (Å²) in [4.78, 5) is 1.30. The zero-order chi connectivity index (χ0) is 14.5. The Hall–Kier alpha value is -0.930. The first kappa shape index (κ1) is 15.5. The zero-order valence-corrected chi connectivity index (χ0v) is 14.5. The number of anilines is 1. The van der Waals surface area contributed by atoms with E-state index in [9.17, 15) is 0 Å². The highest BCUT2D eigenvalue weighted by molar-refractivity contribution is 9.10. The smallest absolute Gasteiger partial charge is 0.0485 e. The molecule has 1 nitrogen and oxygen atoms in total. The van der Waals surface area contributed by atoms with Gasteiger partial charge in [0.1, 0.15) is 0 Å². The molecule has 2 aromatic rings. The van der Waals surface area contributed by atoms with Crippen LogP contribution in [0.4, 0.5) is 5.69 Å². The van der Waals surface area contributed by atoms with Crippen molar-refractivity contribution in [2.24, 2.45) is 0 Å². The third-order valence-corrected chi connectivity index (χ3v) is 4.67. The molecule has 106 valence electrons. The quantitative estimate of drug-likeness (QED) is 0.673. The highest BCUT2D eigenvalue weighted by atomic mass is 79.9. The summed E-state index contributed by atoms with van der Waals surface area (Å²) < 4.78 is 1.14. The molecule has 0 radical (unpaired) electrons. The minimum absolute atomic E-state index is 0.303. The van der Waals surface area contributed by atoms with Crippen LogP contribution in [-0.2, 0) is 6.42 Å². The van der Waals surface area contributed by atoms with Crippen LogP contribution in [0.25, 0.3) is 0 Å². The lowest BCUT2D eigenvalue weighted by Crippen LogP contribution is -2.08. The summed E-state index contributed by atoms with van der Waals surface area (Å²) in [7, 11) is 0. The van der Waals surface area contributed by atoms with E-state index in [1.54, 1.807) is 11.8 Å². The molecule has 2 aromatic carbocycles. The molecule has 0 saturated heterocycles. The second kappa shape index (κ2) is 7.19. The molecule has 1 N–H and O–H groups in total. The molecular formula is C17H20BrNS. The monoisotopic (exact) mass is 349 g/mol. The fraction of sp³-hybridized carbons (Fsp3) is 0.294. The second-order valence-corrected chi connectivity index (χ2v) is 6.59. The molecule has 20 heavy (non-hydrogen) atoms. The lowest BCUT2D eigenvalue weighted by molar-refractivity contribution is 0.877. The maximum Gasteiger partial charge on any atom is 0.0485 e. The highest BCUT2D eigenvalue weighted by Crippen LogP contribution is 2.26. The molecule has 0 heterocycles. The van der Waals surface area contributed by atoms with Crippen LogP contribution in [-0.4, -0.2) is 6.26 Å². The summed E-state index contributed by atoms with van der Waals surface area (Å²) in [5, 5.41) is 3.61. The van der Waals surface area contributed by atoms with E-state index < -0.39 is 0 Å². The van der Waals surface area contributed by atoms with Crippen molar-refractivity contribution in [3.8, 4) is 0 Å². The molecule has 0 bridgehead atoms. The number of halogens is 1. The molecule has 0 aliphatic carbocycles. The summed E-state index contributed by atoms with van der Waals surface area (Å²) in [6.07, 6.45) is 3.13. The molecule has 0 aliphatic rings. The molecule has 0 fully saturated rings. The van der Waals surface area contributed by atoms with E-state index in [0.717, 1.165) is 10.9 Å². The van der Waals surface area contributed by atoms with E-state index >= 15 is 0 Å². The van der Waals surface area contributed by atoms with Crippen LogP contribution >= 0.6 is 27.7 Å². The Balaban J connectivity index is 2.16. The maximum atomic E-state index is 3.61. The predicted octanol–water partition coefficient (Wildman–Crippen LogP) is 5.91. The lowest BCUT2D eigenvalue weighted by Gasteiger charge is -2.18. The normalized spacial score (nSPS) is 12.2. The van der Waals surface area contributed by atoms with Crippen molar-refractivity contribution >= 4 is 33.4 Å². The van der Waals surface area contributed by atoms with Crippen LogP contribution in [0.5, 0.6) is 0 Å². The number of aryl methyl sites for hydroxylation is 1. The third-order valence-electron chi connectivity index (χ3n) is 3.44. The number of nitrogens with one attached hydrogen (secondary N) is 1. The first-order valence-corrected chi connectivity index (χ1v) is 8.84. The maximum absolute atomic E-state index is 3.61. The number of thioether (sulfide) groups is 1. The molecule has 3 heteroatoms. The Bertz CT molecular complexity index is 566. The van der Waals surface area contributed by atoms with E-state index in [2.05, 4.69) is 83.8 Å². The molecule has 2 rings (SSSR count). The van der Waals surface area contributed by atoms with Crippen molar-refractivity contribution in [2.45, 2.75) is 31.2 Å². The Morgan fingerprint density at radius 3 is 2.45 bits per heavy atom. The Kier molecular flexibility index (Phi) is 5.55. The number of hydrogen-bond donors (Lipinski definition) is 1. The van der Waals surface area contributed by atoms with Crippen molar-refractivity contribution < 1.29 is 0 Å². The van der Waals surface area contributed by atoms with Gasteiger partial charge in [-0.3, -0.25) is 0 Å². The Morgan fingerprint density at radius 2 is 1.85 bits per heavy atom. The van der Waals surface area contributed by atoms with Gasteiger partial charge in [-0.15, -0.1) is 11.8 Å². The Morgan fingerprint density at radius 1 is 1.15 bits per heavy atom. The molecule has 0 spiro atoms. The van der Waals surface area contributed by atoms with Crippen molar-refractivity contribution in [2.75, 3.05) is 11.6 Å². The first-order valence-electron chi connectivity index (χ1n) is 6.83. The number of hydrogen-bond acceptors (Lipinski definition) is 2. The molecule has 1 atom stereocenters. The third kappa shape index (κ3) is 3.80. The van der Waals surface area contributed by atoms with Crippen LogP contribution < -0.4 is 5.32 Å². The van der Waals surface area contributed by atoms with Gasteiger partial charge < -0.3 is 5.32 Å². The average Bonchev–Trinajstić information content (AvgIpc) is 2.49. The standard InChI is InChI=1S/C17H20BrNS/c1-4-13-11-15(18)7-10-17(13)19-12(2)14-5-8-16(20-3)9-6-14/h5-12,19H,4H2,1-3H3. The van der Waals surface area contributed by atoms with Crippen molar-refractivity contribution in [3.05, 3.63) is 58.1 Å². The van der Waals surface area contributed by atoms with Crippen LogP contribution in [0.2, 0.25) is 0 Å². The van der Waals surface area contributed by atoms with E-state index in [1.807, 2.05) is 0 Å². The average molecular weight is 350 g/mol. The SMILES string of the molecule is CCc1cc(Br)ccc1NC(C)c1ccc(SC)cc1. The van der Waals surface area contributed by atoms with Gasteiger partial charge in [-0.05, 0) is 61.1 Å². The molecule has 0 amide bonds. The van der Waals surface area contributed by atoms with Crippen LogP contribution in [0.1, 0.15) is 31.0 Å². The minimum Gasteiger partial charge on any atom is -0.378 e. The van der Waals surface area contributed by atoms with Crippen LogP contribution in [0, 0.1) is 0 Å². The van der Waals surface area contributed by atoms with Gasteiger partial charge in [0.15, 0.2) is 0 Å². The second-order valence-electron chi connectivity index (χ2n) is 4.79. The molecule has 0 aromatic heterocycles. The zero-order valence-electron chi connectivity index (χ0n) is 12.1. The molecule has 0 saturated carbocycles. The summed E-state index contributed by atoms with van der Waals surface area (Å²) >= 11 is 5.31. The summed E-state index contributed by atoms with van der Waals surface area (Å²) in [5.74, 6) is 0. The van der Waals surface area contributed by atoms with Crippen molar-refractivity contribution in [1.29, 1.82) is 0 Å². The van der Waals surface area contributed by atoms with Crippen molar-refractivity contribution in [1.82, 2.24) is 0 Å². The van der Waals surface area contributed by atoms with Gasteiger partial charge in [-0.1, -0.05) is 35.0 Å². The number of benzene rings is 2. The van der Waals surface area contributed by atoms with E-state index in [4.69, 9.17) is 0 Å². The highest BCUT2D eigenvalue weighted by Gasteiger charge is 2.08. The van der Waals surface area contributed by atoms with E-state index in [1.165, 1.54) is 21.7 Å². The predicted molar refractivity (Wildman–Crippen MR) is 93.8 cm³/mol. The largest absolute Gasteiger partial charge is 0.378 e. The topological polar surface area (TPSA) is 12.0 Å². The molecular weight excluding hydrogens is 330 g/mol. The number of rotatable bonds is 5. The van der Waals surface area contributed by atoms with Gasteiger partial charge in [-0.2, -0.15) is 0 Å². The van der Waals surface area contributed by atoms with Crippen LogP contribution in [0.3, 0.4) is 0 Å². The first-order chi connectivity index (χ1) is 9.63. The van der Waals surface area contributed by atoms with Gasteiger partial charge in [0.25, 0.3) is 0 Å². The van der Waals surface area contributed by atoms with Crippen molar-refractivity contribution in [3.63, 3.8) is 0 Å². The fourth-order valence-electron chi connectivity index (χ4n) is 2.20. The Labute approximate surface area is 134 Å². The summed E-state index contributed by atoms with van der Waals surface area (Å²) in [6, 6.07) is 15.5.